The van der Waals surface area contributed by atoms with Crippen molar-refractivity contribution in [1.82, 2.24) is 10.1 Å². The van der Waals surface area contributed by atoms with Gasteiger partial charge in [-0.05, 0) is 18.6 Å². The summed E-state index contributed by atoms with van der Waals surface area (Å²) in [6, 6.07) is 7.16. The Labute approximate surface area is 111 Å². The van der Waals surface area contributed by atoms with E-state index in [0.717, 1.165) is 5.56 Å². The number of hydrogen-bond acceptors (Lipinski definition) is 6. The molecule has 0 bridgehead atoms. The number of rotatable bonds is 6. The molecular formula is C13H17N3O3. The zero-order valence-corrected chi connectivity index (χ0v) is 11.0. The lowest BCUT2D eigenvalue weighted by Crippen LogP contribution is -2.13. The van der Waals surface area contributed by atoms with Crippen molar-refractivity contribution in [3.8, 4) is 17.1 Å². The lowest BCUT2D eigenvalue weighted by molar-refractivity contribution is 0.182. The van der Waals surface area contributed by atoms with E-state index >= 15 is 0 Å². The van der Waals surface area contributed by atoms with E-state index in [1.165, 1.54) is 0 Å². The SMILES string of the molecule is COCCC(N)c1nc(-c2ccccc2OC)no1. The van der Waals surface area contributed by atoms with Crippen molar-refractivity contribution in [2.75, 3.05) is 20.8 Å². The first-order chi connectivity index (χ1) is 9.26. The third kappa shape index (κ3) is 3.10. The number of nitrogens with two attached hydrogens (primary N) is 1. The van der Waals surface area contributed by atoms with Crippen molar-refractivity contribution in [1.29, 1.82) is 0 Å². The lowest BCUT2D eigenvalue weighted by Gasteiger charge is -2.05. The second-order valence-electron chi connectivity index (χ2n) is 4.04. The van der Waals surface area contributed by atoms with E-state index < -0.39 is 0 Å². The van der Waals surface area contributed by atoms with Crippen LogP contribution in [0.5, 0.6) is 5.75 Å². The molecule has 1 unspecified atom stereocenters. The van der Waals surface area contributed by atoms with Gasteiger partial charge >= 0.3 is 0 Å². The lowest BCUT2D eigenvalue weighted by atomic mass is 10.2. The van der Waals surface area contributed by atoms with Crippen molar-refractivity contribution >= 4 is 0 Å². The Morgan fingerprint density at radius 2 is 2.11 bits per heavy atom. The van der Waals surface area contributed by atoms with Gasteiger partial charge < -0.3 is 19.7 Å². The number of para-hydroxylation sites is 1. The number of hydrogen-bond donors (Lipinski definition) is 1. The van der Waals surface area contributed by atoms with Crippen LogP contribution in [0.25, 0.3) is 11.4 Å². The van der Waals surface area contributed by atoms with Crippen LogP contribution < -0.4 is 10.5 Å². The molecule has 19 heavy (non-hydrogen) atoms. The number of nitrogens with zero attached hydrogens (tertiary/aromatic N) is 2. The molecule has 0 amide bonds. The Balaban J connectivity index is 2.20. The summed E-state index contributed by atoms with van der Waals surface area (Å²) in [5.74, 6) is 1.57. The minimum atomic E-state index is -0.323. The fraction of sp³-hybridized carbons (Fsp3) is 0.385. The summed E-state index contributed by atoms with van der Waals surface area (Å²) in [6.45, 7) is 0.549. The molecule has 0 aliphatic heterocycles. The summed E-state index contributed by atoms with van der Waals surface area (Å²) in [4.78, 5) is 4.30. The first-order valence-electron chi connectivity index (χ1n) is 5.97. The molecule has 2 rings (SSSR count). The van der Waals surface area contributed by atoms with E-state index in [-0.39, 0.29) is 6.04 Å². The fourth-order valence-electron chi connectivity index (χ4n) is 1.69. The number of aromatic nitrogens is 2. The summed E-state index contributed by atoms with van der Waals surface area (Å²) < 4.78 is 15.4. The second kappa shape index (κ2) is 6.31. The highest BCUT2D eigenvalue weighted by Gasteiger charge is 2.17. The van der Waals surface area contributed by atoms with Gasteiger partial charge in [-0.1, -0.05) is 17.3 Å². The van der Waals surface area contributed by atoms with Crippen LogP contribution in [0.2, 0.25) is 0 Å². The minimum Gasteiger partial charge on any atom is -0.496 e. The Hall–Kier alpha value is -1.92. The van der Waals surface area contributed by atoms with Crippen molar-refractivity contribution in [2.45, 2.75) is 12.5 Å². The predicted octanol–water partition coefficient (Wildman–Crippen LogP) is 1.78. The maximum atomic E-state index is 5.94. The standard InChI is InChI=1S/C13H17N3O3/c1-17-8-7-10(14)13-15-12(16-19-13)9-5-3-4-6-11(9)18-2/h3-6,10H,7-8,14H2,1-2H3. The van der Waals surface area contributed by atoms with E-state index in [2.05, 4.69) is 10.1 Å². The molecule has 2 N–H and O–H groups in total. The highest BCUT2D eigenvalue weighted by Crippen LogP contribution is 2.27. The van der Waals surface area contributed by atoms with E-state index in [4.69, 9.17) is 19.7 Å². The first-order valence-corrected chi connectivity index (χ1v) is 5.97. The van der Waals surface area contributed by atoms with E-state index in [9.17, 15) is 0 Å². The third-order valence-corrected chi connectivity index (χ3v) is 2.74. The molecule has 1 heterocycles. The number of methoxy groups -OCH3 is 2. The van der Waals surface area contributed by atoms with Crippen LogP contribution in [-0.4, -0.2) is 31.0 Å². The normalized spacial score (nSPS) is 12.4. The van der Waals surface area contributed by atoms with E-state index in [1.54, 1.807) is 14.2 Å². The molecule has 102 valence electrons. The van der Waals surface area contributed by atoms with Gasteiger partial charge in [0, 0.05) is 13.7 Å². The smallest absolute Gasteiger partial charge is 0.243 e. The molecule has 6 nitrogen and oxygen atoms in total. The zero-order chi connectivity index (χ0) is 13.7. The van der Waals surface area contributed by atoms with Crippen LogP contribution in [0.15, 0.2) is 28.8 Å². The summed E-state index contributed by atoms with van der Waals surface area (Å²) in [5.41, 5.74) is 6.71. The summed E-state index contributed by atoms with van der Waals surface area (Å²) >= 11 is 0. The van der Waals surface area contributed by atoms with Crippen molar-refractivity contribution in [3.05, 3.63) is 30.2 Å². The van der Waals surface area contributed by atoms with Crippen LogP contribution in [0.4, 0.5) is 0 Å². The van der Waals surface area contributed by atoms with Crippen molar-refractivity contribution < 1.29 is 14.0 Å². The quantitative estimate of drug-likeness (QED) is 0.855. The molecule has 6 heteroatoms. The zero-order valence-electron chi connectivity index (χ0n) is 11.0. The van der Waals surface area contributed by atoms with Gasteiger partial charge in [0.25, 0.3) is 0 Å². The molecule has 0 radical (unpaired) electrons. The molecule has 2 aromatic rings. The number of benzene rings is 1. The topological polar surface area (TPSA) is 83.4 Å². The molecule has 0 saturated heterocycles. The predicted molar refractivity (Wildman–Crippen MR) is 69.7 cm³/mol. The third-order valence-electron chi connectivity index (χ3n) is 2.74. The molecule has 0 fully saturated rings. The van der Waals surface area contributed by atoms with Gasteiger partial charge in [-0.3, -0.25) is 0 Å². The highest BCUT2D eigenvalue weighted by molar-refractivity contribution is 5.63. The molecule has 0 aliphatic carbocycles. The van der Waals surface area contributed by atoms with Crippen LogP contribution in [0.3, 0.4) is 0 Å². The molecular weight excluding hydrogens is 246 g/mol. The van der Waals surface area contributed by atoms with Gasteiger partial charge in [-0.25, -0.2) is 0 Å². The largest absolute Gasteiger partial charge is 0.496 e. The Bertz CT molecular complexity index is 527. The van der Waals surface area contributed by atoms with Gasteiger partial charge in [0.1, 0.15) is 5.75 Å². The van der Waals surface area contributed by atoms with Gasteiger partial charge in [0.05, 0.1) is 18.7 Å². The van der Waals surface area contributed by atoms with Crippen LogP contribution in [0, 0.1) is 0 Å². The highest BCUT2D eigenvalue weighted by atomic mass is 16.5. The Morgan fingerprint density at radius 1 is 1.32 bits per heavy atom. The Morgan fingerprint density at radius 3 is 2.84 bits per heavy atom. The molecule has 1 aromatic carbocycles. The summed E-state index contributed by atoms with van der Waals surface area (Å²) in [5, 5.41) is 3.94. The average Bonchev–Trinajstić information content (AvgIpc) is 2.94. The molecule has 0 spiro atoms. The van der Waals surface area contributed by atoms with E-state index in [1.807, 2.05) is 24.3 Å². The summed E-state index contributed by atoms with van der Waals surface area (Å²) in [6.07, 6.45) is 0.629. The molecule has 1 aromatic heterocycles. The monoisotopic (exact) mass is 263 g/mol. The first kappa shape index (κ1) is 13.5. The molecule has 1 atom stereocenters. The van der Waals surface area contributed by atoms with E-state index in [0.29, 0.717) is 30.5 Å². The molecule has 0 saturated carbocycles. The van der Waals surface area contributed by atoms with Crippen LogP contribution in [-0.2, 0) is 4.74 Å². The number of ether oxygens (including phenoxy) is 2. The maximum absolute atomic E-state index is 5.94. The molecule has 0 aliphatic rings. The Kier molecular flexibility index (Phi) is 4.48. The summed E-state index contributed by atoms with van der Waals surface area (Å²) in [7, 11) is 3.23. The van der Waals surface area contributed by atoms with Gasteiger partial charge in [-0.15, -0.1) is 0 Å². The average molecular weight is 263 g/mol. The van der Waals surface area contributed by atoms with Gasteiger partial charge in [-0.2, -0.15) is 4.98 Å². The van der Waals surface area contributed by atoms with Gasteiger partial charge in [0.15, 0.2) is 0 Å². The minimum absolute atomic E-state index is 0.323. The fourth-order valence-corrected chi connectivity index (χ4v) is 1.69. The van der Waals surface area contributed by atoms with Gasteiger partial charge in [0.2, 0.25) is 11.7 Å². The van der Waals surface area contributed by atoms with Crippen LogP contribution >= 0.6 is 0 Å². The van der Waals surface area contributed by atoms with Crippen LogP contribution in [0.1, 0.15) is 18.4 Å². The second-order valence-corrected chi connectivity index (χ2v) is 4.04. The van der Waals surface area contributed by atoms with Crippen molar-refractivity contribution in [2.24, 2.45) is 5.73 Å². The maximum Gasteiger partial charge on any atom is 0.243 e. The van der Waals surface area contributed by atoms with Crippen molar-refractivity contribution in [3.63, 3.8) is 0 Å².